The van der Waals surface area contributed by atoms with Crippen molar-refractivity contribution in [3.63, 3.8) is 0 Å². The molecule has 0 atom stereocenters. The normalized spacial score (nSPS) is 32.1. The number of hydrogen-bond acceptors (Lipinski definition) is 17. The predicted molar refractivity (Wildman–Crippen MR) is 246 cm³/mol. The van der Waals surface area contributed by atoms with Crippen molar-refractivity contribution in [1.29, 1.82) is 0 Å². The maximum Gasteiger partial charge on any atom is 0.0561 e. The molecule has 17 heteroatoms. The van der Waals surface area contributed by atoms with Crippen molar-refractivity contribution in [2.45, 2.75) is 43.6 Å². The first kappa shape index (κ1) is 48.5. The first-order valence-electron chi connectivity index (χ1n) is 19.7. The third-order valence-electron chi connectivity index (χ3n) is 10.2. The van der Waals surface area contributed by atoms with Crippen LogP contribution in [0.3, 0.4) is 0 Å². The summed E-state index contributed by atoms with van der Waals surface area (Å²) in [5.74, 6) is 0. The lowest BCUT2D eigenvalue weighted by molar-refractivity contribution is 0.269. The summed E-state index contributed by atoms with van der Waals surface area (Å²) < 4.78 is 0. The monoisotopic (exact) mass is 782 g/mol. The predicted octanol–water partition coefficient (Wildman–Crippen LogP) is -3.45. The van der Waals surface area contributed by atoms with Crippen molar-refractivity contribution >= 4 is 5.69 Å². The second-order valence-electron chi connectivity index (χ2n) is 15.6. The summed E-state index contributed by atoms with van der Waals surface area (Å²) in [4.78, 5) is 0. The van der Waals surface area contributed by atoms with Gasteiger partial charge in [-0.25, -0.2) is 0 Å². The number of nitrogens with one attached hydrogen (secondary N) is 13. The first-order valence-corrected chi connectivity index (χ1v) is 19.7. The fourth-order valence-corrected chi connectivity index (χ4v) is 6.94. The van der Waals surface area contributed by atoms with Gasteiger partial charge in [-0.05, 0) is 17.7 Å². The molecule has 1 aromatic carbocycles. The summed E-state index contributed by atoms with van der Waals surface area (Å²) in [6, 6.07) is 8.11. The van der Waals surface area contributed by atoms with E-state index in [0.29, 0.717) is 0 Å². The van der Waals surface area contributed by atoms with Crippen LogP contribution >= 0.6 is 0 Å². The zero-order valence-electron chi connectivity index (χ0n) is 31.8. The van der Waals surface area contributed by atoms with Crippen LogP contribution in [0.1, 0.15) is 31.8 Å². The highest BCUT2D eigenvalue weighted by Gasteiger charge is 2.30. The Morgan fingerprint density at radius 1 is 0.407 bits per heavy atom. The summed E-state index contributed by atoms with van der Waals surface area (Å²) in [6.45, 7) is 21.4. The molecule has 0 aromatic heterocycles. The average Bonchev–Trinajstić information content (AvgIpc) is 3.13. The molecule has 54 heavy (non-hydrogen) atoms. The number of nitrogen functional groups attached to an aromatic ring is 1. The Labute approximate surface area is 339 Å². The third kappa shape index (κ3) is 19.0. The molecule has 0 unspecified atom stereocenters. The molecule has 6 saturated heterocycles. The Hall–Kier alpha value is -1.62. The molecule has 4 bridgehead atoms. The largest absolute Gasteiger partial charge is 0.399 e. The summed E-state index contributed by atoms with van der Waals surface area (Å²) >= 11 is 0. The molecule has 0 radical (unpaired) electrons. The van der Waals surface area contributed by atoms with Crippen LogP contribution in [0, 0.1) is 0 Å². The van der Waals surface area contributed by atoms with Crippen molar-refractivity contribution in [3.05, 3.63) is 29.8 Å². The van der Waals surface area contributed by atoms with Gasteiger partial charge in [0.1, 0.15) is 0 Å². The van der Waals surface area contributed by atoms with Gasteiger partial charge in [0.2, 0.25) is 0 Å². The van der Waals surface area contributed by atoms with Gasteiger partial charge in [0.05, 0.1) is 22.2 Å². The van der Waals surface area contributed by atoms with Crippen LogP contribution in [0.25, 0.3) is 0 Å². The SMILES string of the molecule is C.C.NC12CNCCNCC(N)(CNCCNC1)CNCCNC2.Nc1ccc(CNC23CNCCNCC(N)(CNCCNC2)CNCCNC3)cc1.[HH].[HH].[HH].[HH].[HH].[HH].[HH].[HH]. The maximum absolute atomic E-state index is 6.66. The number of fused-ring (bicyclic) bond motifs is 30. The van der Waals surface area contributed by atoms with E-state index in [9.17, 15) is 0 Å². The van der Waals surface area contributed by atoms with E-state index < -0.39 is 0 Å². The number of anilines is 1. The van der Waals surface area contributed by atoms with Gasteiger partial charge in [-0.3, -0.25) is 0 Å². The highest BCUT2D eigenvalue weighted by atomic mass is 15.2. The highest BCUT2D eigenvalue weighted by molar-refractivity contribution is 5.39. The lowest BCUT2D eigenvalue weighted by atomic mass is 9.97. The molecule has 0 aliphatic carbocycles. The molecular formula is C37H99N17. The van der Waals surface area contributed by atoms with Gasteiger partial charge in [-0.15, -0.1) is 0 Å². The Bertz CT molecular complexity index is 994. The zero-order chi connectivity index (χ0) is 36.9. The maximum atomic E-state index is 6.66. The van der Waals surface area contributed by atoms with Gasteiger partial charge in [0.25, 0.3) is 0 Å². The highest BCUT2D eigenvalue weighted by Crippen LogP contribution is 2.09. The van der Waals surface area contributed by atoms with Gasteiger partial charge in [0.15, 0.2) is 0 Å². The van der Waals surface area contributed by atoms with Gasteiger partial charge in [0, 0.05) is 181 Å². The van der Waals surface area contributed by atoms with E-state index in [-0.39, 0.29) is 48.4 Å². The molecular weight excluding hydrogens is 683 g/mol. The molecule has 0 amide bonds. The minimum atomic E-state index is -0.293. The molecule has 6 fully saturated rings. The van der Waals surface area contributed by atoms with Crippen molar-refractivity contribution in [2.75, 3.05) is 163 Å². The molecule has 7 rings (SSSR count). The number of hydrogen-bond donors (Lipinski definition) is 17. The second kappa shape index (κ2) is 26.3. The molecule has 6 aliphatic rings. The van der Waals surface area contributed by atoms with Gasteiger partial charge in [-0.2, -0.15) is 0 Å². The van der Waals surface area contributed by atoms with E-state index in [0.717, 1.165) is 169 Å². The van der Waals surface area contributed by atoms with Gasteiger partial charge < -0.3 is 92.1 Å². The lowest BCUT2D eigenvalue weighted by Gasteiger charge is -2.37. The van der Waals surface area contributed by atoms with Crippen molar-refractivity contribution in [2.24, 2.45) is 17.2 Å². The molecule has 0 saturated carbocycles. The second-order valence-corrected chi connectivity index (χ2v) is 15.6. The fourth-order valence-electron chi connectivity index (χ4n) is 6.94. The van der Waals surface area contributed by atoms with E-state index in [2.05, 4.69) is 81.3 Å². The third-order valence-corrected chi connectivity index (χ3v) is 10.2. The first-order chi connectivity index (χ1) is 25.2. The minimum Gasteiger partial charge on any atom is -0.399 e. The smallest absolute Gasteiger partial charge is 0.0561 e. The molecule has 21 N–H and O–H groups in total. The quantitative estimate of drug-likeness (QED) is 0.133. The Morgan fingerprint density at radius 3 is 0.870 bits per heavy atom. The van der Waals surface area contributed by atoms with Crippen LogP contribution in [0.4, 0.5) is 5.69 Å². The molecule has 1 aromatic rings. The Morgan fingerprint density at radius 2 is 0.630 bits per heavy atom. The summed E-state index contributed by atoms with van der Waals surface area (Å²) in [5, 5.41) is 46.2. The van der Waals surface area contributed by atoms with Crippen LogP contribution in [0.2, 0.25) is 0 Å². The van der Waals surface area contributed by atoms with E-state index >= 15 is 0 Å². The molecule has 0 spiro atoms. The van der Waals surface area contributed by atoms with Crippen LogP contribution in [0.5, 0.6) is 0 Å². The lowest BCUT2D eigenvalue weighted by Crippen LogP contribution is -2.66. The van der Waals surface area contributed by atoms with Crippen molar-refractivity contribution in [1.82, 2.24) is 69.1 Å². The van der Waals surface area contributed by atoms with E-state index in [1.807, 2.05) is 12.1 Å². The van der Waals surface area contributed by atoms with Gasteiger partial charge in [-0.1, -0.05) is 27.0 Å². The number of nitrogens with two attached hydrogens (primary N) is 4. The average molecular weight is 782 g/mol. The van der Waals surface area contributed by atoms with Crippen LogP contribution < -0.4 is 92.1 Å². The summed E-state index contributed by atoms with van der Waals surface area (Å²) in [5.41, 5.74) is 26.7. The molecule has 6 heterocycles. The standard InChI is InChI=1S/C21H41N9.C14H34N8.2CH4.8H2/c22-19-3-1-18(2-4-19)11-30-21-15-27-8-5-24-12-20(23,13-25-6-9-28-16-21)14-26-7-10-29-17-21;15-13-7-17-1-2-18-8-14(16,11-21-5-3-19-9-13)12-22-6-4-20-10-13;;;;;;;;;;/h1-4,24-30H,5-17,22-23H2;17-22H,1-12,15-16H2;2*1H4;8*1H. The molecule has 17 nitrogen and oxygen atoms in total. The summed E-state index contributed by atoms with van der Waals surface area (Å²) in [6.07, 6.45) is 0. The number of rotatable bonds is 3. The Balaban J connectivity index is -0.000000173. The zero-order valence-corrected chi connectivity index (χ0v) is 31.8. The number of benzene rings is 1. The van der Waals surface area contributed by atoms with Crippen molar-refractivity contribution in [3.8, 4) is 0 Å². The fraction of sp³-hybridized carbons (Fsp3) is 0.838. The van der Waals surface area contributed by atoms with Crippen LogP contribution in [0.15, 0.2) is 24.3 Å². The van der Waals surface area contributed by atoms with E-state index in [1.165, 1.54) is 5.56 Å². The van der Waals surface area contributed by atoms with Crippen molar-refractivity contribution < 1.29 is 11.4 Å². The van der Waals surface area contributed by atoms with Crippen LogP contribution in [-0.4, -0.2) is 179 Å². The van der Waals surface area contributed by atoms with Gasteiger partial charge >= 0.3 is 0 Å². The van der Waals surface area contributed by atoms with Crippen LogP contribution in [-0.2, 0) is 6.54 Å². The molecule has 6 aliphatic heterocycles. The topological polar surface area (TPSA) is 260 Å². The summed E-state index contributed by atoms with van der Waals surface area (Å²) in [7, 11) is 0. The Kier molecular flexibility index (Phi) is 23.7. The van der Waals surface area contributed by atoms with E-state index in [4.69, 9.17) is 22.9 Å². The van der Waals surface area contributed by atoms with E-state index in [1.54, 1.807) is 0 Å². The molecule has 332 valence electrons. The minimum absolute atomic E-state index is 0.